The van der Waals surface area contributed by atoms with Gasteiger partial charge in [0.05, 0.1) is 19.8 Å². The molecule has 0 aromatic carbocycles. The van der Waals surface area contributed by atoms with Crippen LogP contribution in [0.25, 0.3) is 0 Å². The minimum absolute atomic E-state index is 0.0204. The molecule has 1 saturated heterocycles. The summed E-state index contributed by atoms with van der Waals surface area (Å²) < 4.78 is 20.3. The van der Waals surface area contributed by atoms with E-state index >= 15 is 0 Å². The maximum absolute atomic E-state index is 12.6. The number of aliphatic hydroxyl groups is 5. The molecule has 7 atom stereocenters. The molecule has 34 heavy (non-hydrogen) atoms. The van der Waals surface area contributed by atoms with Crippen LogP contribution in [0.4, 0.5) is 0 Å². The molecule has 0 aliphatic carbocycles. The lowest BCUT2D eigenvalue weighted by Crippen LogP contribution is -2.87. The first-order valence-corrected chi connectivity index (χ1v) is 10.1. The van der Waals surface area contributed by atoms with Crippen molar-refractivity contribution in [1.29, 1.82) is 0 Å². The number of aliphatic hydroxyl groups excluding tert-OH is 2. The molecule has 1 fully saturated rings. The Hall–Kier alpha value is -2.12. The van der Waals surface area contributed by atoms with Gasteiger partial charge in [-0.2, -0.15) is 0 Å². The molecule has 13 nitrogen and oxygen atoms in total. The summed E-state index contributed by atoms with van der Waals surface area (Å²) >= 11 is 0. The molecule has 0 spiro atoms. The highest BCUT2D eigenvalue weighted by atomic mass is 16.8. The second-order valence-electron chi connectivity index (χ2n) is 7.78. The molecular weight excluding hydrogens is 460 g/mol. The monoisotopic (exact) mass is 490 g/mol. The van der Waals surface area contributed by atoms with Crippen molar-refractivity contribution in [2.45, 2.75) is 69.3 Å². The largest absolute Gasteiger partial charge is 0.382 e. The van der Waals surface area contributed by atoms with Crippen LogP contribution in [0.2, 0.25) is 0 Å². The van der Waals surface area contributed by atoms with Crippen molar-refractivity contribution >= 4 is 23.1 Å². The summed E-state index contributed by atoms with van der Waals surface area (Å²) in [5.41, 5.74) is -10.6. The lowest BCUT2D eigenvalue weighted by atomic mass is 9.60. The summed E-state index contributed by atoms with van der Waals surface area (Å²) in [7, 11) is 0. The molecule has 2 unspecified atom stereocenters. The van der Waals surface area contributed by atoms with E-state index in [0.29, 0.717) is 20.8 Å². The molecule has 0 amide bonds. The average Bonchev–Trinajstić information content (AvgIpc) is 2.75. The number of ketones is 4. The fourth-order valence-electron chi connectivity index (χ4n) is 3.67. The molecule has 192 valence electrons. The topological polar surface area (TPSA) is 206 Å². The number of Topliss-reactive ketones (excluding diaryl/α,β-unsaturated/α-hetero) is 4. The van der Waals surface area contributed by atoms with Crippen molar-refractivity contribution in [3.05, 3.63) is 0 Å². The second-order valence-corrected chi connectivity index (χ2v) is 7.78. The quantitative estimate of drug-likeness (QED) is 0.0971. The Morgan fingerprint density at radius 2 is 1.47 bits per heavy atom. The Kier molecular flexibility index (Phi) is 10.2. The molecule has 1 aliphatic heterocycles. The zero-order valence-electron chi connectivity index (χ0n) is 19.2. The van der Waals surface area contributed by atoms with Crippen molar-refractivity contribution in [3.63, 3.8) is 0 Å². The van der Waals surface area contributed by atoms with Gasteiger partial charge in [-0.05, 0) is 27.7 Å². The predicted octanol–water partition coefficient (Wildman–Crippen LogP) is -3.38. The van der Waals surface area contributed by atoms with Crippen molar-refractivity contribution < 1.29 is 63.7 Å². The third kappa shape index (κ3) is 5.10. The van der Waals surface area contributed by atoms with E-state index < -0.39 is 71.3 Å². The maximum Gasteiger partial charge on any atom is 0.213 e. The fourth-order valence-corrected chi connectivity index (χ4v) is 3.67. The van der Waals surface area contributed by atoms with Crippen molar-refractivity contribution in [2.24, 2.45) is 0 Å². The van der Waals surface area contributed by atoms with Crippen LogP contribution in [-0.4, -0.2) is 117 Å². The summed E-state index contributed by atoms with van der Waals surface area (Å²) in [5.74, 6) is -3.13. The lowest BCUT2D eigenvalue weighted by molar-refractivity contribution is -0.391. The molecule has 1 aliphatic rings. The first kappa shape index (κ1) is 29.9. The molecule has 13 heteroatoms. The van der Waals surface area contributed by atoms with Crippen molar-refractivity contribution in [1.82, 2.24) is 0 Å². The van der Waals surface area contributed by atoms with E-state index in [1.165, 1.54) is 0 Å². The molecule has 0 saturated carbocycles. The molecule has 0 aromatic rings. The van der Waals surface area contributed by atoms with E-state index in [1.807, 2.05) is 0 Å². The molecule has 5 N–H and O–H groups in total. The minimum atomic E-state index is -3.66. The normalized spacial score (nSPS) is 32.9. The van der Waals surface area contributed by atoms with Crippen LogP contribution in [0.5, 0.6) is 0 Å². The van der Waals surface area contributed by atoms with Gasteiger partial charge in [0.25, 0.3) is 0 Å². The van der Waals surface area contributed by atoms with Crippen LogP contribution in [0.1, 0.15) is 27.7 Å². The first-order valence-electron chi connectivity index (χ1n) is 10.1. The van der Waals surface area contributed by atoms with E-state index in [1.54, 1.807) is 0 Å². The number of carbonyl (C=O) groups is 4. The van der Waals surface area contributed by atoms with Gasteiger partial charge in [0.1, 0.15) is 18.8 Å². The van der Waals surface area contributed by atoms with Gasteiger partial charge in [-0.3, -0.25) is 19.2 Å². The Morgan fingerprint density at radius 3 is 1.91 bits per heavy atom. The zero-order chi connectivity index (χ0) is 26.5. The first-order chi connectivity index (χ1) is 15.6. The number of ether oxygens (including phenoxy) is 4. The van der Waals surface area contributed by atoms with Gasteiger partial charge in [-0.1, -0.05) is 5.92 Å². The molecule has 0 aromatic heterocycles. The maximum atomic E-state index is 12.6. The van der Waals surface area contributed by atoms with E-state index in [-0.39, 0.29) is 19.8 Å². The number of rotatable bonds is 13. The van der Waals surface area contributed by atoms with E-state index in [2.05, 4.69) is 5.92 Å². The van der Waals surface area contributed by atoms with Gasteiger partial charge < -0.3 is 44.5 Å². The molecular formula is C21H30O13. The molecule has 1 heterocycles. The highest BCUT2D eigenvalue weighted by Crippen LogP contribution is 2.48. The minimum Gasteiger partial charge on any atom is -0.382 e. The molecule has 0 radical (unpaired) electrons. The van der Waals surface area contributed by atoms with Crippen LogP contribution < -0.4 is 0 Å². The lowest BCUT2D eigenvalue weighted by Gasteiger charge is -2.58. The van der Waals surface area contributed by atoms with Gasteiger partial charge in [0.15, 0.2) is 35.0 Å². The Morgan fingerprint density at radius 1 is 0.941 bits per heavy atom. The van der Waals surface area contributed by atoms with Crippen LogP contribution in [-0.2, 0) is 38.1 Å². The number of terminal acetylenes is 1. The number of hydrogen-bond acceptors (Lipinski definition) is 13. The van der Waals surface area contributed by atoms with Crippen LogP contribution >= 0.6 is 0 Å². The van der Waals surface area contributed by atoms with Gasteiger partial charge in [-0.15, -0.1) is 6.42 Å². The van der Waals surface area contributed by atoms with Crippen LogP contribution in [0, 0.1) is 12.3 Å². The van der Waals surface area contributed by atoms with Gasteiger partial charge in [0, 0.05) is 0 Å². The van der Waals surface area contributed by atoms with E-state index in [9.17, 15) is 44.7 Å². The summed E-state index contributed by atoms with van der Waals surface area (Å²) in [6.07, 6.45) is -4.09. The highest BCUT2D eigenvalue weighted by molar-refractivity contribution is 6.05. The van der Waals surface area contributed by atoms with Gasteiger partial charge >= 0.3 is 0 Å². The summed E-state index contributed by atoms with van der Waals surface area (Å²) in [6.45, 7) is 2.31. The Bertz CT molecular complexity index is 835. The second kappa shape index (κ2) is 11.5. The number of carbonyl (C=O) groups excluding carboxylic acids is 4. The molecule has 1 rings (SSSR count). The van der Waals surface area contributed by atoms with Crippen molar-refractivity contribution in [2.75, 3.05) is 26.4 Å². The van der Waals surface area contributed by atoms with Crippen LogP contribution in [0.15, 0.2) is 0 Å². The average molecular weight is 490 g/mol. The van der Waals surface area contributed by atoms with Gasteiger partial charge in [0.2, 0.25) is 17.5 Å². The zero-order valence-corrected chi connectivity index (χ0v) is 19.2. The predicted molar refractivity (Wildman–Crippen MR) is 110 cm³/mol. The summed E-state index contributed by atoms with van der Waals surface area (Å²) in [5, 5.41) is 54.1. The number of hydrogen-bond donors (Lipinski definition) is 5. The Balaban J connectivity index is 3.43. The van der Waals surface area contributed by atoms with E-state index in [0.717, 1.165) is 6.92 Å². The van der Waals surface area contributed by atoms with E-state index in [4.69, 9.17) is 25.4 Å². The summed E-state index contributed by atoms with van der Waals surface area (Å²) in [4.78, 5) is 49.3. The SMILES string of the molecule is C#CCOCCOCC(O)O[C@H]1O[C@H](C(O)C(C)=O)[C@](O)(C(C)=O)[C@@](O)(C(C)=O)[C@@]1(O)C(C)=O. The molecule has 0 bridgehead atoms. The van der Waals surface area contributed by atoms with Crippen LogP contribution in [0.3, 0.4) is 0 Å². The highest BCUT2D eigenvalue weighted by Gasteiger charge is 2.79. The third-order valence-corrected chi connectivity index (χ3v) is 5.51. The van der Waals surface area contributed by atoms with Gasteiger partial charge in [-0.25, -0.2) is 0 Å². The fraction of sp³-hybridized carbons (Fsp3) is 0.714. The smallest absolute Gasteiger partial charge is 0.213 e. The standard InChI is InChI=1S/C21H30O13/c1-6-7-31-8-9-32-10-15(26)33-18-20(29,13(4)24)21(30,14(5)25)19(28,12(3)23)17(34-18)16(27)11(2)22/h1,15-18,26-30H,7-10H2,2-5H3/t15?,16?,17-,18+,19-,20-,21+/m1/s1. The van der Waals surface area contributed by atoms with Crippen molar-refractivity contribution in [3.8, 4) is 12.3 Å². The third-order valence-electron chi connectivity index (χ3n) is 5.51. The Labute approximate surface area is 195 Å². The summed E-state index contributed by atoms with van der Waals surface area (Å²) in [6, 6.07) is 0.